The molecule has 0 fully saturated rings. The quantitative estimate of drug-likeness (QED) is 0.158. The minimum absolute atomic E-state index is 0.246. The fraction of sp³-hybridized carbons (Fsp3) is 0.344. The van der Waals surface area contributed by atoms with Crippen LogP contribution in [0.3, 0.4) is 0 Å². The molecule has 0 amide bonds. The summed E-state index contributed by atoms with van der Waals surface area (Å²) in [4.78, 5) is 4.54. The van der Waals surface area contributed by atoms with Crippen LogP contribution in [0, 0.1) is 5.82 Å². The number of halogens is 1. The predicted molar refractivity (Wildman–Crippen MR) is 149 cm³/mol. The van der Waals surface area contributed by atoms with Crippen molar-refractivity contribution in [1.29, 1.82) is 0 Å². The Labute approximate surface area is 215 Å². The molecule has 0 saturated carbocycles. The van der Waals surface area contributed by atoms with Crippen LogP contribution in [0.15, 0.2) is 79.5 Å². The van der Waals surface area contributed by atoms with Gasteiger partial charge in [-0.3, -0.25) is 4.98 Å². The molecule has 1 unspecified atom stereocenters. The zero-order valence-electron chi connectivity index (χ0n) is 21.6. The van der Waals surface area contributed by atoms with Gasteiger partial charge in [0.15, 0.2) is 0 Å². The lowest BCUT2D eigenvalue weighted by Crippen LogP contribution is -2.08. The average Bonchev–Trinajstić information content (AvgIpc) is 2.90. The van der Waals surface area contributed by atoms with Crippen molar-refractivity contribution in [3.05, 3.63) is 90.9 Å². The van der Waals surface area contributed by atoms with Gasteiger partial charge < -0.3 is 9.47 Å². The minimum Gasteiger partial charge on any atom is -0.490 e. The van der Waals surface area contributed by atoms with Crippen LogP contribution in [0.2, 0.25) is 0 Å². The number of ether oxygens (including phenoxy) is 2. The maximum atomic E-state index is 14.9. The van der Waals surface area contributed by atoms with Crippen LogP contribution in [0.5, 0.6) is 5.75 Å². The summed E-state index contributed by atoms with van der Waals surface area (Å²) in [5.74, 6) is 0.539. The molecular formula is C32H38FNO2. The fourth-order valence-corrected chi connectivity index (χ4v) is 3.93. The molecule has 190 valence electrons. The lowest BCUT2D eigenvalue weighted by atomic mass is 10.0. The highest BCUT2D eigenvalue weighted by atomic mass is 19.1. The van der Waals surface area contributed by atoms with Crippen molar-refractivity contribution >= 4 is 6.08 Å². The molecule has 1 aromatic heterocycles. The number of pyridine rings is 1. The van der Waals surface area contributed by atoms with E-state index in [2.05, 4.69) is 31.5 Å². The van der Waals surface area contributed by atoms with Crippen molar-refractivity contribution < 1.29 is 13.9 Å². The Balaban J connectivity index is 1.51. The molecule has 3 aromatic rings. The third-order valence-corrected chi connectivity index (χ3v) is 6.03. The van der Waals surface area contributed by atoms with Gasteiger partial charge in [0.05, 0.1) is 11.8 Å². The molecule has 4 heteroatoms. The molecule has 1 atom stereocenters. The van der Waals surface area contributed by atoms with Gasteiger partial charge in [0.1, 0.15) is 18.2 Å². The summed E-state index contributed by atoms with van der Waals surface area (Å²) in [6.45, 7) is 9.32. The Morgan fingerprint density at radius 1 is 1.00 bits per heavy atom. The number of hydrogen-bond acceptors (Lipinski definition) is 3. The fourth-order valence-electron chi connectivity index (χ4n) is 3.93. The van der Waals surface area contributed by atoms with Gasteiger partial charge in [0, 0.05) is 29.5 Å². The molecule has 0 aliphatic carbocycles. The van der Waals surface area contributed by atoms with Crippen molar-refractivity contribution in [3.63, 3.8) is 0 Å². The summed E-state index contributed by atoms with van der Waals surface area (Å²) in [5, 5.41) is 0. The van der Waals surface area contributed by atoms with E-state index < -0.39 is 0 Å². The van der Waals surface area contributed by atoms with Crippen molar-refractivity contribution in [2.24, 2.45) is 0 Å². The molecule has 3 nitrogen and oxygen atoms in total. The van der Waals surface area contributed by atoms with E-state index in [1.807, 2.05) is 54.6 Å². The molecule has 3 rings (SSSR count). The first-order valence-corrected chi connectivity index (χ1v) is 13.0. The van der Waals surface area contributed by atoms with E-state index in [1.165, 1.54) is 12.8 Å². The Kier molecular flexibility index (Phi) is 11.4. The number of allylic oxidation sites excluding steroid dienone is 1. The van der Waals surface area contributed by atoms with Gasteiger partial charge in [-0.2, -0.15) is 0 Å². The topological polar surface area (TPSA) is 31.4 Å². The van der Waals surface area contributed by atoms with Crippen molar-refractivity contribution in [1.82, 2.24) is 4.98 Å². The predicted octanol–water partition coefficient (Wildman–Crippen LogP) is 8.90. The Morgan fingerprint density at radius 3 is 2.50 bits per heavy atom. The molecule has 0 N–H and O–H groups in total. The summed E-state index contributed by atoms with van der Waals surface area (Å²) in [7, 11) is 0. The van der Waals surface area contributed by atoms with Crippen LogP contribution in [-0.2, 0) is 4.74 Å². The third-order valence-electron chi connectivity index (χ3n) is 6.03. The summed E-state index contributed by atoms with van der Waals surface area (Å²) in [6.07, 6.45) is 14.5. The van der Waals surface area contributed by atoms with Crippen LogP contribution in [-0.4, -0.2) is 24.3 Å². The highest BCUT2D eigenvalue weighted by Crippen LogP contribution is 2.27. The van der Waals surface area contributed by atoms with E-state index in [9.17, 15) is 4.39 Å². The van der Waals surface area contributed by atoms with E-state index >= 15 is 0 Å². The standard InChI is InChI=1S/C32H38FNO2/c1-4-6-10-22-35-25(3)11-8-7-9-12-26-13-19-30(31(33)23-26)28-16-20-32(34-24-28)27-14-17-29(18-15-27)36-21-5-2/h5,9,12-20,23-25H,2,4,6-8,10-11,21-22H2,1,3H3. The maximum Gasteiger partial charge on any atom is 0.131 e. The maximum absolute atomic E-state index is 14.9. The minimum atomic E-state index is -0.246. The average molecular weight is 488 g/mol. The van der Waals surface area contributed by atoms with Gasteiger partial charge >= 0.3 is 0 Å². The Hall–Kier alpha value is -3.24. The van der Waals surface area contributed by atoms with Crippen LogP contribution in [0.4, 0.5) is 4.39 Å². The number of rotatable bonds is 15. The normalized spacial score (nSPS) is 12.1. The van der Waals surface area contributed by atoms with Crippen LogP contribution < -0.4 is 4.74 Å². The van der Waals surface area contributed by atoms with Gasteiger partial charge in [-0.25, -0.2) is 4.39 Å². The SMILES string of the molecule is C=CCOc1ccc(-c2ccc(-c3ccc(C=CCCCC(C)OCCCCC)cc3F)cn2)cc1. The van der Waals surface area contributed by atoms with Crippen LogP contribution >= 0.6 is 0 Å². The van der Waals surface area contributed by atoms with E-state index in [0.717, 1.165) is 60.4 Å². The second-order valence-electron chi connectivity index (χ2n) is 9.02. The molecular weight excluding hydrogens is 449 g/mol. The molecule has 0 bridgehead atoms. The first-order chi connectivity index (χ1) is 17.6. The molecule has 1 heterocycles. The molecule has 0 radical (unpaired) electrons. The Morgan fingerprint density at radius 2 is 1.81 bits per heavy atom. The smallest absolute Gasteiger partial charge is 0.131 e. The molecule has 2 aromatic carbocycles. The molecule has 0 spiro atoms. The number of benzene rings is 2. The summed E-state index contributed by atoms with van der Waals surface area (Å²) >= 11 is 0. The van der Waals surface area contributed by atoms with E-state index in [0.29, 0.717) is 18.3 Å². The van der Waals surface area contributed by atoms with Gasteiger partial charge in [0.2, 0.25) is 0 Å². The molecule has 0 aliphatic rings. The lowest BCUT2D eigenvalue weighted by molar-refractivity contribution is 0.0566. The van der Waals surface area contributed by atoms with Gasteiger partial charge in [-0.1, -0.05) is 62.8 Å². The zero-order valence-corrected chi connectivity index (χ0v) is 21.6. The van der Waals surface area contributed by atoms with Crippen molar-refractivity contribution in [3.8, 4) is 28.1 Å². The molecule has 36 heavy (non-hydrogen) atoms. The van der Waals surface area contributed by atoms with Gasteiger partial charge in [0.25, 0.3) is 0 Å². The molecule has 0 aliphatic heterocycles. The van der Waals surface area contributed by atoms with Crippen LogP contribution in [0.1, 0.15) is 57.9 Å². The number of nitrogens with zero attached hydrogens (tertiary/aromatic N) is 1. The zero-order chi connectivity index (χ0) is 25.6. The second kappa shape index (κ2) is 15.0. The first-order valence-electron chi connectivity index (χ1n) is 13.0. The highest BCUT2D eigenvalue weighted by Gasteiger charge is 2.08. The lowest BCUT2D eigenvalue weighted by Gasteiger charge is -2.12. The number of aromatic nitrogens is 1. The second-order valence-corrected chi connectivity index (χ2v) is 9.02. The molecule has 0 saturated heterocycles. The van der Waals surface area contributed by atoms with Gasteiger partial charge in [-0.05, 0) is 74.6 Å². The van der Waals surface area contributed by atoms with Crippen molar-refractivity contribution in [2.45, 2.75) is 58.5 Å². The number of hydrogen-bond donors (Lipinski definition) is 0. The van der Waals surface area contributed by atoms with Crippen LogP contribution in [0.25, 0.3) is 28.5 Å². The van der Waals surface area contributed by atoms with E-state index in [4.69, 9.17) is 9.47 Å². The van der Waals surface area contributed by atoms with E-state index in [1.54, 1.807) is 18.3 Å². The summed E-state index contributed by atoms with van der Waals surface area (Å²) in [5.41, 5.74) is 3.98. The highest BCUT2D eigenvalue weighted by molar-refractivity contribution is 5.69. The Bertz CT molecular complexity index is 1090. The van der Waals surface area contributed by atoms with Crippen molar-refractivity contribution in [2.75, 3.05) is 13.2 Å². The first kappa shape index (κ1) is 27.3. The monoisotopic (exact) mass is 487 g/mol. The van der Waals surface area contributed by atoms with E-state index in [-0.39, 0.29) is 5.82 Å². The van der Waals surface area contributed by atoms with Gasteiger partial charge in [-0.15, -0.1) is 0 Å². The summed E-state index contributed by atoms with van der Waals surface area (Å²) < 4.78 is 26.2. The largest absolute Gasteiger partial charge is 0.490 e. The number of unbranched alkanes of at least 4 members (excludes halogenated alkanes) is 3. The third kappa shape index (κ3) is 8.76. The summed E-state index contributed by atoms with van der Waals surface area (Å²) in [6, 6.07) is 16.9.